The minimum atomic E-state index is -0.0459. The predicted octanol–water partition coefficient (Wildman–Crippen LogP) is 11.6. The van der Waals surface area contributed by atoms with Crippen LogP contribution in [0.15, 0.2) is 187 Å². The molecule has 6 unspecified atom stereocenters. The van der Waals surface area contributed by atoms with Gasteiger partial charge in [0, 0.05) is 60.3 Å². The highest BCUT2D eigenvalue weighted by atomic mass is 32.2. The number of unbranched alkanes of at least 4 members (excludes halogenated alkanes) is 1. The zero-order chi connectivity index (χ0) is 46.8. The molecule has 0 saturated heterocycles. The van der Waals surface area contributed by atoms with Gasteiger partial charge in [-0.15, -0.1) is 11.8 Å². The van der Waals surface area contributed by atoms with Gasteiger partial charge in [-0.1, -0.05) is 130 Å². The molecule has 10 nitrogen and oxygen atoms in total. The molecule has 0 saturated carbocycles. The molecule has 12 heteroatoms. The molecule has 0 bridgehead atoms. The number of rotatable bonds is 7. The predicted molar refractivity (Wildman–Crippen MR) is 284 cm³/mol. The van der Waals surface area contributed by atoms with Crippen LogP contribution in [0.4, 0.5) is 22.7 Å². The summed E-state index contributed by atoms with van der Waals surface area (Å²) in [6.07, 6.45) is 34.6. The number of fused-ring (bicyclic) bond motifs is 6. The van der Waals surface area contributed by atoms with Gasteiger partial charge in [-0.05, 0) is 97.7 Å². The van der Waals surface area contributed by atoms with Crippen LogP contribution < -0.4 is 36.9 Å². The number of carbonyl (C=O) groups excluding carboxylic acids is 1. The largest absolute Gasteiger partial charge is 0.482 e. The third-order valence-electron chi connectivity index (χ3n) is 11.9. The molecule has 3 aliphatic heterocycles. The molecule has 1 amide bonds. The van der Waals surface area contributed by atoms with Crippen LogP contribution in [0.2, 0.25) is 0 Å². The molecule has 0 radical (unpaired) electrons. The Morgan fingerprint density at radius 3 is 2.22 bits per heavy atom. The normalized spacial score (nSPS) is 21.1. The van der Waals surface area contributed by atoms with Gasteiger partial charge < -0.3 is 40.6 Å². The smallest absolute Gasteiger partial charge is 0.251 e. The van der Waals surface area contributed by atoms with Crippen molar-refractivity contribution < 1.29 is 9.53 Å². The van der Waals surface area contributed by atoms with E-state index >= 15 is 0 Å². The van der Waals surface area contributed by atoms with E-state index in [1.54, 1.807) is 24.3 Å². The van der Waals surface area contributed by atoms with Gasteiger partial charge in [-0.3, -0.25) is 10.6 Å². The summed E-state index contributed by atoms with van der Waals surface area (Å²) < 4.78 is 8.44. The van der Waals surface area contributed by atoms with Crippen molar-refractivity contribution in [3.05, 3.63) is 198 Å². The molecule has 7 N–H and O–H groups in total. The number of nitrogens with zero attached hydrogens (tertiary/aromatic N) is 2. The molecular weight excluding hydrogens is 869 g/mol. The third kappa shape index (κ3) is 13.3. The number of ether oxygens (including phenoxy) is 1. The van der Waals surface area contributed by atoms with Gasteiger partial charge in [-0.2, -0.15) is 0 Å². The average molecular weight is 933 g/mol. The number of benzene rings is 4. The van der Waals surface area contributed by atoms with Crippen LogP contribution in [0.25, 0.3) is 0 Å². The molecule has 0 fully saturated rings. The van der Waals surface area contributed by atoms with Crippen LogP contribution in [0.5, 0.6) is 5.75 Å². The molecule has 6 aliphatic rings. The lowest BCUT2D eigenvalue weighted by molar-refractivity contribution is 0.0953. The van der Waals surface area contributed by atoms with Crippen LogP contribution in [0.3, 0.4) is 0 Å². The summed E-state index contributed by atoms with van der Waals surface area (Å²) in [4.78, 5) is 18.3. The summed E-state index contributed by atoms with van der Waals surface area (Å²) in [5.41, 5.74) is 9.17. The van der Waals surface area contributed by atoms with Crippen molar-refractivity contribution in [2.24, 2.45) is 18.8 Å². The number of anilines is 4. The second-order valence-corrected chi connectivity index (χ2v) is 18.3. The van der Waals surface area contributed by atoms with E-state index in [0.717, 1.165) is 41.3 Å². The lowest BCUT2D eigenvalue weighted by atomic mass is 9.85. The van der Waals surface area contributed by atoms with Crippen molar-refractivity contribution in [2.45, 2.75) is 73.9 Å². The zero-order valence-electron chi connectivity index (χ0n) is 38.6. The first-order chi connectivity index (χ1) is 32.8. The average Bonchev–Trinajstić information content (AvgIpc) is 3.77. The number of nitrogens with one attached hydrogen (secondary N) is 5. The van der Waals surface area contributed by atoms with Crippen molar-refractivity contribution in [1.29, 1.82) is 0 Å². The SMILES string of the molecule is C1=CC2Cc3ccccc3NC2C=C1.C1=CC2Nc3ccccc3OC2C=C1.CCCCN1c2ccccc2SC2C=CC=CC21.CCCNC(=O)c1ccc(NN)cc1.Cn1cc[nH]c1=S. The minimum Gasteiger partial charge on any atom is -0.482 e. The van der Waals surface area contributed by atoms with Crippen molar-refractivity contribution >= 4 is 52.6 Å². The lowest BCUT2D eigenvalue weighted by Gasteiger charge is -2.42. The first-order valence-corrected chi connectivity index (χ1v) is 24.6. The first-order valence-electron chi connectivity index (χ1n) is 23.3. The maximum Gasteiger partial charge on any atom is 0.251 e. The highest BCUT2D eigenvalue weighted by Crippen LogP contribution is 2.43. The quantitative estimate of drug-likeness (QED) is 0.0538. The van der Waals surface area contributed by atoms with Gasteiger partial charge in [0.2, 0.25) is 0 Å². The summed E-state index contributed by atoms with van der Waals surface area (Å²) in [5, 5.41) is 10.4. The Bertz CT molecular complexity index is 2450. The van der Waals surface area contributed by atoms with E-state index in [9.17, 15) is 4.79 Å². The van der Waals surface area contributed by atoms with E-state index < -0.39 is 0 Å². The molecule has 348 valence electrons. The zero-order valence-corrected chi connectivity index (χ0v) is 40.3. The summed E-state index contributed by atoms with van der Waals surface area (Å²) in [7, 11) is 1.90. The number of nitrogen functional groups attached to an aromatic ring is 1. The number of hydrogen-bond donors (Lipinski definition) is 6. The maximum atomic E-state index is 11.4. The highest BCUT2D eigenvalue weighted by molar-refractivity contribution is 8.00. The van der Waals surface area contributed by atoms with Crippen molar-refractivity contribution in [1.82, 2.24) is 14.9 Å². The van der Waals surface area contributed by atoms with Crippen LogP contribution in [0.1, 0.15) is 49.0 Å². The van der Waals surface area contributed by atoms with Gasteiger partial charge >= 0.3 is 0 Å². The second kappa shape index (κ2) is 24.9. The number of aryl methyl sites for hydroxylation is 1. The Morgan fingerprint density at radius 2 is 1.48 bits per heavy atom. The molecule has 0 spiro atoms. The standard InChI is InChI=1S/C16H19NS.C13H13N.C12H11NO.C10H15N3O.C4H6N2S/c1-2-3-12-17-13-8-4-6-10-15(13)18-16-11-7-5-9-14(16)17;1-3-7-12-10(5-1)9-11-6-2-4-8-13(11)14-12;1-3-7-11-9(5-1)13-10-6-2-4-8-12(10)14-11;1-2-7-12-10(14)8-3-5-9(13-11)6-4-8;1-6-3-2-5-4(6)7/h4-11,13,15H,2-3,12H2,1H3;1-8,10,12,14H,9H2;1-9,11,13H;3-6,13H,2,7,11H2,1H3,(H,12,14);2-3H,1H3,(H,5,7). The summed E-state index contributed by atoms with van der Waals surface area (Å²) >= 11 is 6.79. The van der Waals surface area contributed by atoms with E-state index in [2.05, 4.69) is 147 Å². The van der Waals surface area contributed by atoms with Crippen molar-refractivity contribution in [3.8, 4) is 5.75 Å². The number of allylic oxidation sites excluding steroid dienone is 6. The molecule has 67 heavy (non-hydrogen) atoms. The topological polar surface area (TPSA) is 124 Å². The number of nitrogens with two attached hydrogens (primary N) is 1. The van der Waals surface area contributed by atoms with Gasteiger partial charge in [0.15, 0.2) is 4.77 Å². The molecule has 4 heterocycles. The van der Waals surface area contributed by atoms with Gasteiger partial charge in [0.25, 0.3) is 5.91 Å². The minimum absolute atomic E-state index is 0.0459. The number of hydrogen-bond acceptors (Lipinski definition) is 9. The number of amides is 1. The first kappa shape index (κ1) is 48.5. The van der Waals surface area contributed by atoms with Crippen LogP contribution in [0, 0.1) is 10.7 Å². The van der Waals surface area contributed by atoms with Crippen molar-refractivity contribution in [3.63, 3.8) is 0 Å². The van der Waals surface area contributed by atoms with Crippen LogP contribution in [-0.4, -0.2) is 58.0 Å². The van der Waals surface area contributed by atoms with Crippen LogP contribution >= 0.6 is 24.0 Å². The Hall–Kier alpha value is -6.47. The van der Waals surface area contributed by atoms with Crippen molar-refractivity contribution in [2.75, 3.05) is 34.0 Å². The fraction of sp³-hybridized carbons (Fsp3) is 0.273. The number of aromatic amines is 1. The van der Waals surface area contributed by atoms with E-state index in [0.29, 0.717) is 35.4 Å². The molecule has 3 aliphatic carbocycles. The number of H-pyrrole nitrogens is 1. The number of carbonyl (C=O) groups is 1. The second-order valence-electron chi connectivity index (χ2n) is 16.7. The maximum absolute atomic E-state index is 11.4. The third-order valence-corrected chi connectivity index (χ3v) is 13.6. The van der Waals surface area contributed by atoms with Gasteiger partial charge in [-0.25, -0.2) is 0 Å². The lowest BCUT2D eigenvalue weighted by Crippen LogP contribution is -2.44. The Morgan fingerprint density at radius 1 is 0.791 bits per heavy atom. The monoisotopic (exact) mass is 932 g/mol. The summed E-state index contributed by atoms with van der Waals surface area (Å²) in [5.74, 6) is 6.73. The number of hydrazine groups is 1. The van der Waals surface area contributed by atoms with Gasteiger partial charge in [0.05, 0.1) is 34.8 Å². The molecule has 1 aromatic heterocycles. The fourth-order valence-corrected chi connectivity index (χ4v) is 9.66. The molecule has 5 aromatic rings. The molecular formula is C55H64N8O2S2. The highest BCUT2D eigenvalue weighted by Gasteiger charge is 2.32. The summed E-state index contributed by atoms with van der Waals surface area (Å²) in [6, 6.07) is 33.7. The Labute approximate surface area is 405 Å². The van der Waals surface area contributed by atoms with E-state index in [1.807, 2.05) is 79.1 Å². The Kier molecular flexibility index (Phi) is 18.0. The molecule has 11 rings (SSSR count). The van der Waals surface area contributed by atoms with Gasteiger partial charge in [0.1, 0.15) is 11.9 Å². The van der Waals surface area contributed by atoms with E-state index in [-0.39, 0.29) is 18.1 Å². The molecule has 4 aromatic carbocycles. The number of imidazole rings is 1. The summed E-state index contributed by atoms with van der Waals surface area (Å²) in [6.45, 7) is 6.14. The number of para-hydroxylation sites is 4. The van der Waals surface area contributed by atoms with E-state index in [4.69, 9.17) is 22.8 Å². The van der Waals surface area contributed by atoms with E-state index in [1.165, 1.54) is 34.7 Å². The molecule has 6 atom stereocenters. The Balaban J connectivity index is 0.000000127. The fourth-order valence-electron chi connectivity index (χ4n) is 8.23. The number of thioether (sulfide) groups is 1. The van der Waals surface area contributed by atoms with Crippen LogP contribution in [-0.2, 0) is 13.5 Å². The number of aromatic nitrogens is 2.